The lowest BCUT2D eigenvalue weighted by molar-refractivity contribution is -0.125. The second-order valence-electron chi connectivity index (χ2n) is 7.27. The van der Waals surface area contributed by atoms with Gasteiger partial charge in [0.2, 0.25) is 11.8 Å². The molecule has 3 heterocycles. The van der Waals surface area contributed by atoms with Crippen LogP contribution in [-0.4, -0.2) is 30.9 Å². The molecule has 1 fully saturated rings. The van der Waals surface area contributed by atoms with E-state index < -0.39 is 0 Å². The summed E-state index contributed by atoms with van der Waals surface area (Å²) in [6.07, 6.45) is 2.67. The topological polar surface area (TPSA) is 65.8 Å². The van der Waals surface area contributed by atoms with Crippen LogP contribution in [0, 0.1) is 6.92 Å². The average molecular weight is 367 g/mol. The fourth-order valence-electron chi connectivity index (χ4n) is 4.03. The van der Waals surface area contributed by atoms with E-state index in [4.69, 9.17) is 4.42 Å². The Morgan fingerprint density at radius 2 is 1.96 bits per heavy atom. The summed E-state index contributed by atoms with van der Waals surface area (Å²) in [5.74, 6) is 1.42. The van der Waals surface area contributed by atoms with E-state index >= 15 is 0 Å². The molecule has 2 aliphatic rings. The van der Waals surface area contributed by atoms with Gasteiger partial charge in [0.25, 0.3) is 0 Å². The lowest BCUT2D eigenvalue weighted by Gasteiger charge is -2.40. The summed E-state index contributed by atoms with van der Waals surface area (Å²) in [5.41, 5.74) is 2.10. The van der Waals surface area contributed by atoms with E-state index in [1.165, 1.54) is 0 Å². The normalized spacial score (nSPS) is 18.2. The summed E-state index contributed by atoms with van der Waals surface area (Å²) in [5, 5.41) is 2.82. The SMILES string of the molecule is Cc1ccc(CNC(=O)CCC(=O)N2CC3CCCN3c3ccccc32)o1. The molecule has 1 aromatic carbocycles. The zero-order chi connectivity index (χ0) is 18.8. The second-order valence-corrected chi connectivity index (χ2v) is 7.27. The summed E-state index contributed by atoms with van der Waals surface area (Å²) in [7, 11) is 0. The van der Waals surface area contributed by atoms with Crippen molar-refractivity contribution in [1.29, 1.82) is 0 Å². The molecule has 1 N–H and O–H groups in total. The van der Waals surface area contributed by atoms with Crippen LogP contribution in [-0.2, 0) is 16.1 Å². The zero-order valence-corrected chi connectivity index (χ0v) is 15.6. The van der Waals surface area contributed by atoms with Gasteiger partial charge in [0.1, 0.15) is 11.5 Å². The number of carbonyl (C=O) groups excluding carboxylic acids is 2. The largest absolute Gasteiger partial charge is 0.465 e. The lowest BCUT2D eigenvalue weighted by atomic mass is 10.1. The first-order valence-electron chi connectivity index (χ1n) is 9.60. The molecule has 2 aromatic rings. The number of hydrogen-bond donors (Lipinski definition) is 1. The second kappa shape index (κ2) is 7.47. The summed E-state index contributed by atoms with van der Waals surface area (Å²) in [4.78, 5) is 29.2. The Morgan fingerprint density at radius 1 is 1.15 bits per heavy atom. The molecule has 0 radical (unpaired) electrons. The van der Waals surface area contributed by atoms with Gasteiger partial charge in [-0.05, 0) is 44.0 Å². The fraction of sp³-hybridized carbons (Fsp3) is 0.429. The van der Waals surface area contributed by atoms with Gasteiger partial charge in [-0.25, -0.2) is 0 Å². The maximum atomic E-state index is 12.8. The third kappa shape index (κ3) is 3.70. The quantitative estimate of drug-likeness (QED) is 0.882. The maximum Gasteiger partial charge on any atom is 0.227 e. The highest BCUT2D eigenvalue weighted by Crippen LogP contribution is 2.39. The smallest absolute Gasteiger partial charge is 0.227 e. The first-order valence-corrected chi connectivity index (χ1v) is 9.60. The number of aryl methyl sites for hydroxylation is 1. The van der Waals surface area contributed by atoms with Crippen LogP contribution in [0.5, 0.6) is 0 Å². The van der Waals surface area contributed by atoms with Crippen molar-refractivity contribution in [3.05, 3.63) is 47.9 Å². The molecule has 0 aliphatic carbocycles. The number of nitrogens with zero attached hydrogens (tertiary/aromatic N) is 2. The van der Waals surface area contributed by atoms with Crippen molar-refractivity contribution in [2.45, 2.75) is 45.2 Å². The van der Waals surface area contributed by atoms with Crippen molar-refractivity contribution in [2.24, 2.45) is 0 Å². The zero-order valence-electron chi connectivity index (χ0n) is 15.6. The average Bonchev–Trinajstić information content (AvgIpc) is 3.32. The van der Waals surface area contributed by atoms with Crippen LogP contribution in [0.3, 0.4) is 0 Å². The van der Waals surface area contributed by atoms with E-state index in [2.05, 4.69) is 16.3 Å². The Morgan fingerprint density at radius 3 is 2.74 bits per heavy atom. The Bertz CT molecular complexity index is 845. The minimum Gasteiger partial charge on any atom is -0.465 e. The van der Waals surface area contributed by atoms with Crippen molar-refractivity contribution < 1.29 is 14.0 Å². The Labute approximate surface area is 159 Å². The molecule has 1 atom stereocenters. The number of amides is 2. The number of carbonyl (C=O) groups is 2. The lowest BCUT2D eigenvalue weighted by Crippen LogP contribution is -2.48. The molecule has 0 bridgehead atoms. The highest BCUT2D eigenvalue weighted by Gasteiger charge is 2.35. The van der Waals surface area contributed by atoms with Crippen LogP contribution in [0.2, 0.25) is 0 Å². The Kier molecular flexibility index (Phi) is 4.88. The highest BCUT2D eigenvalue weighted by atomic mass is 16.3. The van der Waals surface area contributed by atoms with Crippen LogP contribution in [0.1, 0.15) is 37.2 Å². The molecule has 1 saturated heterocycles. The third-order valence-corrected chi connectivity index (χ3v) is 5.38. The molecule has 4 rings (SSSR count). The molecule has 2 aliphatic heterocycles. The van der Waals surface area contributed by atoms with Gasteiger partial charge < -0.3 is 19.5 Å². The Balaban J connectivity index is 1.35. The maximum absolute atomic E-state index is 12.8. The van der Waals surface area contributed by atoms with Crippen molar-refractivity contribution in [3.8, 4) is 0 Å². The van der Waals surface area contributed by atoms with Gasteiger partial charge in [0, 0.05) is 32.0 Å². The number of benzene rings is 1. The number of nitrogens with one attached hydrogen (secondary N) is 1. The number of furan rings is 1. The molecule has 6 heteroatoms. The summed E-state index contributed by atoms with van der Waals surface area (Å²) < 4.78 is 5.44. The first-order chi connectivity index (χ1) is 13.1. The molecule has 2 amide bonds. The van der Waals surface area contributed by atoms with Crippen LogP contribution in [0.25, 0.3) is 0 Å². The minimum absolute atomic E-state index is 0.0120. The number of anilines is 2. The molecule has 1 aromatic heterocycles. The number of rotatable bonds is 5. The monoisotopic (exact) mass is 367 g/mol. The summed E-state index contributed by atoms with van der Waals surface area (Å²) in [6.45, 7) is 3.98. The molecule has 142 valence electrons. The van der Waals surface area contributed by atoms with Crippen molar-refractivity contribution in [1.82, 2.24) is 5.32 Å². The van der Waals surface area contributed by atoms with E-state index in [9.17, 15) is 9.59 Å². The van der Waals surface area contributed by atoms with Crippen LogP contribution >= 0.6 is 0 Å². The molecule has 6 nitrogen and oxygen atoms in total. The molecule has 0 spiro atoms. The third-order valence-electron chi connectivity index (χ3n) is 5.38. The Hall–Kier alpha value is -2.76. The molecule has 0 saturated carbocycles. The van der Waals surface area contributed by atoms with Gasteiger partial charge >= 0.3 is 0 Å². The molecular weight excluding hydrogens is 342 g/mol. The number of para-hydroxylation sites is 2. The number of fused-ring (bicyclic) bond motifs is 3. The first kappa shape index (κ1) is 17.6. The van der Waals surface area contributed by atoms with Gasteiger partial charge in [-0.1, -0.05) is 12.1 Å². The van der Waals surface area contributed by atoms with Crippen LogP contribution in [0.4, 0.5) is 11.4 Å². The van der Waals surface area contributed by atoms with E-state index in [0.717, 1.165) is 42.3 Å². The van der Waals surface area contributed by atoms with E-state index in [0.29, 0.717) is 19.1 Å². The van der Waals surface area contributed by atoms with Crippen molar-refractivity contribution >= 4 is 23.2 Å². The number of hydrogen-bond acceptors (Lipinski definition) is 4. The van der Waals surface area contributed by atoms with E-state index in [1.807, 2.05) is 42.2 Å². The predicted octanol–water partition coefficient (Wildman–Crippen LogP) is 3.00. The van der Waals surface area contributed by atoms with E-state index in [1.54, 1.807) is 0 Å². The van der Waals surface area contributed by atoms with Gasteiger partial charge in [0.15, 0.2) is 0 Å². The van der Waals surface area contributed by atoms with Gasteiger partial charge in [-0.3, -0.25) is 9.59 Å². The van der Waals surface area contributed by atoms with Crippen molar-refractivity contribution in [2.75, 3.05) is 22.9 Å². The molecular formula is C21H25N3O3. The van der Waals surface area contributed by atoms with Gasteiger partial charge in [-0.2, -0.15) is 0 Å². The van der Waals surface area contributed by atoms with Crippen LogP contribution in [0.15, 0.2) is 40.8 Å². The molecule has 27 heavy (non-hydrogen) atoms. The summed E-state index contributed by atoms with van der Waals surface area (Å²) in [6, 6.07) is 12.2. The van der Waals surface area contributed by atoms with Crippen LogP contribution < -0.4 is 15.1 Å². The summed E-state index contributed by atoms with van der Waals surface area (Å²) >= 11 is 0. The minimum atomic E-state index is -0.134. The van der Waals surface area contributed by atoms with E-state index in [-0.39, 0.29) is 24.7 Å². The predicted molar refractivity (Wildman–Crippen MR) is 104 cm³/mol. The van der Waals surface area contributed by atoms with Gasteiger partial charge in [0.05, 0.1) is 17.9 Å². The van der Waals surface area contributed by atoms with Gasteiger partial charge in [-0.15, -0.1) is 0 Å². The standard InChI is InChI=1S/C21H25N3O3/c1-15-8-9-17(27-15)13-22-20(25)10-11-21(26)24-14-16-5-4-12-23(16)18-6-2-3-7-19(18)24/h2-3,6-9,16H,4-5,10-14H2,1H3,(H,22,25). The highest BCUT2D eigenvalue weighted by molar-refractivity contribution is 5.99. The molecule has 1 unspecified atom stereocenters. The fourth-order valence-corrected chi connectivity index (χ4v) is 4.03. The van der Waals surface area contributed by atoms with Crippen molar-refractivity contribution in [3.63, 3.8) is 0 Å².